The van der Waals surface area contributed by atoms with Crippen molar-refractivity contribution < 1.29 is 4.74 Å². The van der Waals surface area contributed by atoms with E-state index in [4.69, 9.17) is 10.5 Å². The van der Waals surface area contributed by atoms with Crippen LogP contribution in [0.2, 0.25) is 0 Å². The number of benzene rings is 1. The highest BCUT2D eigenvalue weighted by Gasteiger charge is 2.09. The van der Waals surface area contributed by atoms with Gasteiger partial charge in [0.1, 0.15) is 12.4 Å². The van der Waals surface area contributed by atoms with Crippen molar-refractivity contribution in [3.05, 3.63) is 41.8 Å². The van der Waals surface area contributed by atoms with Crippen molar-refractivity contribution in [2.24, 2.45) is 0 Å². The van der Waals surface area contributed by atoms with Gasteiger partial charge in [-0.2, -0.15) is 0 Å². The van der Waals surface area contributed by atoms with Crippen molar-refractivity contribution in [1.29, 1.82) is 0 Å². The zero-order chi connectivity index (χ0) is 13.8. The molecule has 0 amide bonds. The standard InChI is InChI=1S/C13H13N5OS/c14-10-3-5-11(6-4-10)19-8-7-18-13(15-16-17-18)12-2-1-9-20-12/h1-6,9H,7-8,14H2. The monoisotopic (exact) mass is 287 g/mol. The SMILES string of the molecule is Nc1ccc(OCCn2nnnc2-c2cccs2)cc1. The molecular formula is C13H13N5OS. The Bertz CT molecular complexity index is 662. The smallest absolute Gasteiger partial charge is 0.192 e. The summed E-state index contributed by atoms with van der Waals surface area (Å²) in [6, 6.07) is 11.3. The van der Waals surface area contributed by atoms with Gasteiger partial charge in [0.2, 0.25) is 0 Å². The number of hydrogen-bond donors (Lipinski definition) is 1. The molecule has 0 aliphatic rings. The number of anilines is 1. The van der Waals surface area contributed by atoms with Crippen molar-refractivity contribution in [2.75, 3.05) is 12.3 Å². The van der Waals surface area contributed by atoms with Gasteiger partial charge in [0.05, 0.1) is 11.4 Å². The van der Waals surface area contributed by atoms with Crippen LogP contribution in [-0.4, -0.2) is 26.8 Å². The van der Waals surface area contributed by atoms with E-state index >= 15 is 0 Å². The summed E-state index contributed by atoms with van der Waals surface area (Å²) in [5, 5.41) is 13.7. The lowest BCUT2D eigenvalue weighted by Crippen LogP contribution is -2.10. The van der Waals surface area contributed by atoms with Crippen molar-refractivity contribution >= 4 is 17.0 Å². The lowest BCUT2D eigenvalue weighted by molar-refractivity contribution is 0.290. The molecule has 7 heteroatoms. The number of ether oxygens (including phenoxy) is 1. The van der Waals surface area contributed by atoms with E-state index in [1.54, 1.807) is 16.0 Å². The molecule has 0 radical (unpaired) electrons. The van der Waals surface area contributed by atoms with E-state index in [-0.39, 0.29) is 0 Å². The van der Waals surface area contributed by atoms with Gasteiger partial charge in [0.25, 0.3) is 0 Å². The summed E-state index contributed by atoms with van der Waals surface area (Å²) in [7, 11) is 0. The van der Waals surface area contributed by atoms with Gasteiger partial charge in [-0.15, -0.1) is 16.4 Å². The second kappa shape index (κ2) is 5.70. The molecule has 3 rings (SSSR count). The molecular weight excluding hydrogens is 274 g/mol. The molecule has 20 heavy (non-hydrogen) atoms. The highest BCUT2D eigenvalue weighted by Crippen LogP contribution is 2.21. The van der Waals surface area contributed by atoms with Crippen LogP contribution < -0.4 is 10.5 Å². The molecule has 6 nitrogen and oxygen atoms in total. The zero-order valence-corrected chi connectivity index (χ0v) is 11.5. The van der Waals surface area contributed by atoms with Crippen LogP contribution in [-0.2, 0) is 6.54 Å². The minimum atomic E-state index is 0.493. The van der Waals surface area contributed by atoms with Gasteiger partial charge < -0.3 is 10.5 Å². The Labute approximate surface area is 119 Å². The molecule has 2 heterocycles. The maximum atomic E-state index is 5.64. The molecule has 2 aromatic heterocycles. The fourth-order valence-electron chi connectivity index (χ4n) is 1.75. The first-order valence-corrected chi connectivity index (χ1v) is 6.99. The normalized spacial score (nSPS) is 10.6. The molecule has 102 valence electrons. The maximum Gasteiger partial charge on any atom is 0.192 e. The Kier molecular flexibility index (Phi) is 3.60. The van der Waals surface area contributed by atoms with Gasteiger partial charge >= 0.3 is 0 Å². The van der Waals surface area contributed by atoms with Crippen molar-refractivity contribution in [3.8, 4) is 16.5 Å². The summed E-state index contributed by atoms with van der Waals surface area (Å²) in [6.07, 6.45) is 0. The summed E-state index contributed by atoms with van der Waals surface area (Å²) >= 11 is 1.61. The summed E-state index contributed by atoms with van der Waals surface area (Å²) < 4.78 is 7.38. The number of nitrogens with zero attached hydrogens (tertiary/aromatic N) is 4. The number of aromatic nitrogens is 4. The summed E-state index contributed by atoms with van der Waals surface area (Å²) in [5.41, 5.74) is 6.34. The summed E-state index contributed by atoms with van der Waals surface area (Å²) in [6.45, 7) is 1.08. The third kappa shape index (κ3) is 2.77. The van der Waals surface area contributed by atoms with Crippen LogP contribution in [0.5, 0.6) is 5.75 Å². The topological polar surface area (TPSA) is 78.9 Å². The average molecular weight is 287 g/mol. The van der Waals surface area contributed by atoms with E-state index in [9.17, 15) is 0 Å². The minimum absolute atomic E-state index is 0.493. The molecule has 0 aliphatic carbocycles. The van der Waals surface area contributed by atoms with E-state index in [1.165, 1.54) is 0 Å². The van der Waals surface area contributed by atoms with Gasteiger partial charge in [-0.05, 0) is 46.1 Å². The molecule has 1 aromatic carbocycles. The first-order valence-electron chi connectivity index (χ1n) is 6.11. The molecule has 0 spiro atoms. The second-order valence-corrected chi connectivity index (χ2v) is 5.07. The number of rotatable bonds is 5. The fourth-order valence-corrected chi connectivity index (χ4v) is 2.46. The quantitative estimate of drug-likeness (QED) is 0.727. The van der Waals surface area contributed by atoms with E-state index < -0.39 is 0 Å². The first kappa shape index (κ1) is 12.6. The number of hydrogen-bond acceptors (Lipinski definition) is 6. The van der Waals surface area contributed by atoms with Gasteiger partial charge in [-0.25, -0.2) is 4.68 Å². The Balaban J connectivity index is 1.62. The second-order valence-electron chi connectivity index (χ2n) is 4.12. The van der Waals surface area contributed by atoms with Crippen LogP contribution >= 0.6 is 11.3 Å². The van der Waals surface area contributed by atoms with E-state index in [0.717, 1.165) is 22.1 Å². The minimum Gasteiger partial charge on any atom is -0.492 e. The summed E-state index contributed by atoms with van der Waals surface area (Å²) in [4.78, 5) is 1.04. The van der Waals surface area contributed by atoms with E-state index in [2.05, 4.69) is 15.5 Å². The van der Waals surface area contributed by atoms with Crippen LogP contribution in [0.25, 0.3) is 10.7 Å². The molecule has 3 aromatic rings. The summed E-state index contributed by atoms with van der Waals surface area (Å²) in [5.74, 6) is 1.55. The van der Waals surface area contributed by atoms with Gasteiger partial charge in [-0.3, -0.25) is 0 Å². The molecule has 2 N–H and O–H groups in total. The fraction of sp³-hybridized carbons (Fsp3) is 0.154. The number of nitrogens with two attached hydrogens (primary N) is 1. The van der Waals surface area contributed by atoms with Crippen LogP contribution in [0.4, 0.5) is 5.69 Å². The van der Waals surface area contributed by atoms with Gasteiger partial charge in [-0.1, -0.05) is 6.07 Å². The average Bonchev–Trinajstić information content (AvgIpc) is 3.11. The molecule has 0 fully saturated rings. The maximum absolute atomic E-state index is 5.64. The predicted molar refractivity (Wildman–Crippen MR) is 77.5 cm³/mol. The molecule has 0 bridgehead atoms. The Hall–Kier alpha value is -2.41. The van der Waals surface area contributed by atoms with E-state index in [0.29, 0.717) is 13.2 Å². The van der Waals surface area contributed by atoms with Crippen LogP contribution in [0.15, 0.2) is 41.8 Å². The Morgan fingerprint density at radius 2 is 2.05 bits per heavy atom. The highest BCUT2D eigenvalue weighted by atomic mass is 32.1. The van der Waals surface area contributed by atoms with Crippen LogP contribution in [0, 0.1) is 0 Å². The molecule has 0 saturated carbocycles. The Morgan fingerprint density at radius 1 is 1.20 bits per heavy atom. The van der Waals surface area contributed by atoms with Gasteiger partial charge in [0.15, 0.2) is 5.82 Å². The molecule has 0 atom stereocenters. The lowest BCUT2D eigenvalue weighted by Gasteiger charge is -2.07. The third-order valence-electron chi connectivity index (χ3n) is 2.73. The molecule has 0 saturated heterocycles. The molecule has 0 unspecified atom stereocenters. The first-order chi connectivity index (χ1) is 9.83. The zero-order valence-electron chi connectivity index (χ0n) is 10.6. The Morgan fingerprint density at radius 3 is 2.80 bits per heavy atom. The van der Waals surface area contributed by atoms with Crippen molar-refractivity contribution in [1.82, 2.24) is 20.2 Å². The number of nitrogen functional groups attached to an aromatic ring is 1. The number of thiophene rings is 1. The van der Waals surface area contributed by atoms with Crippen LogP contribution in [0.3, 0.4) is 0 Å². The van der Waals surface area contributed by atoms with Crippen molar-refractivity contribution in [2.45, 2.75) is 6.54 Å². The largest absolute Gasteiger partial charge is 0.492 e. The van der Waals surface area contributed by atoms with E-state index in [1.807, 2.05) is 41.8 Å². The predicted octanol–water partition coefficient (Wildman–Crippen LogP) is 2.06. The van der Waals surface area contributed by atoms with Gasteiger partial charge in [0, 0.05) is 5.69 Å². The third-order valence-corrected chi connectivity index (χ3v) is 3.59. The van der Waals surface area contributed by atoms with Crippen LogP contribution in [0.1, 0.15) is 0 Å². The highest BCUT2D eigenvalue weighted by molar-refractivity contribution is 7.13. The lowest BCUT2D eigenvalue weighted by atomic mass is 10.3. The van der Waals surface area contributed by atoms with Crippen molar-refractivity contribution in [3.63, 3.8) is 0 Å². The molecule has 0 aliphatic heterocycles. The number of tetrazole rings is 1.